The number of nitrogens with zero attached hydrogens (tertiary/aromatic N) is 4. The van der Waals surface area contributed by atoms with Crippen LogP contribution in [0.15, 0.2) is 39.2 Å². The van der Waals surface area contributed by atoms with Crippen LogP contribution in [0, 0.1) is 5.82 Å². The molecule has 2 aromatic rings. The Morgan fingerprint density at radius 2 is 2.32 bits per heavy atom. The first-order chi connectivity index (χ1) is 13.3. The van der Waals surface area contributed by atoms with E-state index in [9.17, 15) is 4.39 Å². The van der Waals surface area contributed by atoms with Gasteiger partial charge in [-0.25, -0.2) is 14.4 Å². The zero-order chi connectivity index (χ0) is 18.9. The molecule has 1 unspecified atom stereocenters. The summed E-state index contributed by atoms with van der Waals surface area (Å²) in [6.45, 7) is 5.14. The molecule has 3 heterocycles. The fourth-order valence-electron chi connectivity index (χ4n) is 2.89. The smallest absolute Gasteiger partial charge is 0.191 e. The summed E-state index contributed by atoms with van der Waals surface area (Å²) in [7, 11) is 0. The second-order valence-corrected chi connectivity index (χ2v) is 8.38. The summed E-state index contributed by atoms with van der Waals surface area (Å²) < 4.78 is 15.0. The summed E-state index contributed by atoms with van der Waals surface area (Å²) in [4.78, 5) is 15.1. The van der Waals surface area contributed by atoms with Crippen LogP contribution in [-0.2, 0) is 0 Å². The molecule has 6 nitrogen and oxygen atoms in total. The summed E-state index contributed by atoms with van der Waals surface area (Å²) in [6, 6.07) is 3.31. The topological polar surface area (TPSA) is 65.4 Å². The van der Waals surface area contributed by atoms with Crippen LogP contribution >= 0.6 is 47.1 Å². The van der Waals surface area contributed by atoms with E-state index >= 15 is 0 Å². The van der Waals surface area contributed by atoms with Gasteiger partial charge in [0.25, 0.3) is 0 Å². The third-order valence-electron chi connectivity index (χ3n) is 4.12. The molecule has 2 aromatic heterocycles. The average Bonchev–Trinajstić information content (AvgIpc) is 3.34. The van der Waals surface area contributed by atoms with E-state index < -0.39 is 0 Å². The Balaban J connectivity index is 0.00000280. The van der Waals surface area contributed by atoms with Gasteiger partial charge in [0, 0.05) is 55.7 Å². The highest BCUT2D eigenvalue weighted by atomic mass is 127. The van der Waals surface area contributed by atoms with Crippen molar-refractivity contribution in [2.45, 2.75) is 30.1 Å². The number of hydrogen-bond donors (Lipinski definition) is 2. The molecule has 0 radical (unpaired) electrons. The first kappa shape index (κ1) is 23.1. The number of aliphatic imine (C=N–C) groups is 1. The van der Waals surface area contributed by atoms with Crippen molar-refractivity contribution in [3.05, 3.63) is 35.7 Å². The number of aromatic nitrogens is 2. The lowest BCUT2D eigenvalue weighted by molar-refractivity contribution is 0.612. The van der Waals surface area contributed by atoms with E-state index in [1.165, 1.54) is 6.07 Å². The van der Waals surface area contributed by atoms with Crippen molar-refractivity contribution < 1.29 is 4.39 Å². The second-order valence-electron chi connectivity index (χ2n) is 6.15. The lowest BCUT2D eigenvalue weighted by Gasteiger charge is -2.19. The molecular weight excluding hydrogens is 510 g/mol. The van der Waals surface area contributed by atoms with Gasteiger partial charge < -0.3 is 15.5 Å². The average molecular weight is 536 g/mol. The van der Waals surface area contributed by atoms with Crippen molar-refractivity contribution in [1.29, 1.82) is 0 Å². The zero-order valence-electron chi connectivity index (χ0n) is 15.8. The molecule has 1 fully saturated rings. The van der Waals surface area contributed by atoms with Crippen molar-refractivity contribution in [2.24, 2.45) is 4.99 Å². The molecule has 1 aliphatic heterocycles. The molecule has 0 spiro atoms. The van der Waals surface area contributed by atoms with Crippen LogP contribution in [0.4, 0.5) is 10.2 Å². The fourth-order valence-corrected chi connectivity index (χ4v) is 4.52. The van der Waals surface area contributed by atoms with E-state index in [-0.39, 0.29) is 35.8 Å². The van der Waals surface area contributed by atoms with Crippen LogP contribution in [0.5, 0.6) is 0 Å². The van der Waals surface area contributed by atoms with E-state index in [0.29, 0.717) is 5.82 Å². The zero-order valence-corrected chi connectivity index (χ0v) is 19.8. The summed E-state index contributed by atoms with van der Waals surface area (Å²) in [5, 5.41) is 8.76. The van der Waals surface area contributed by atoms with Gasteiger partial charge in [0.05, 0.1) is 0 Å². The number of nitrogens with one attached hydrogen (secondary N) is 2. The molecule has 0 aromatic carbocycles. The molecular formula is C18H26FIN6S2. The highest BCUT2D eigenvalue weighted by molar-refractivity contribution is 14.0. The minimum Gasteiger partial charge on any atom is -0.357 e. The van der Waals surface area contributed by atoms with Crippen LogP contribution in [0.3, 0.4) is 0 Å². The van der Waals surface area contributed by atoms with Crippen molar-refractivity contribution in [3.8, 4) is 0 Å². The molecule has 0 aliphatic carbocycles. The maximum atomic E-state index is 13.9. The first-order valence-electron chi connectivity index (χ1n) is 9.19. The van der Waals surface area contributed by atoms with E-state index in [4.69, 9.17) is 0 Å². The third kappa shape index (κ3) is 7.03. The molecule has 1 atom stereocenters. The standard InChI is InChI=1S/C18H25FN6S2.HI/c1-2-20-17(22-8-4-11-26-18-23-9-12-27-18)24-14-6-10-25(13-14)16-15(19)5-3-7-21-16;/h3,5,7,9,12,14H,2,4,6,8,10-11,13H2,1H3,(H2,20,22,24);1H. The Bertz CT molecular complexity index is 731. The normalized spacial score (nSPS) is 16.7. The summed E-state index contributed by atoms with van der Waals surface area (Å²) in [5.74, 6) is 2.00. The number of anilines is 1. The number of pyridine rings is 1. The van der Waals surface area contributed by atoms with Gasteiger partial charge in [-0.3, -0.25) is 4.99 Å². The Morgan fingerprint density at radius 1 is 1.43 bits per heavy atom. The molecule has 10 heteroatoms. The monoisotopic (exact) mass is 536 g/mol. The SMILES string of the molecule is CCNC(=NCCCSc1nccs1)NC1CCN(c2ncccc2F)C1.I. The molecule has 3 rings (SSSR count). The van der Waals surface area contributed by atoms with Gasteiger partial charge in [-0.1, -0.05) is 11.8 Å². The number of guanidine groups is 1. The van der Waals surface area contributed by atoms with Gasteiger partial charge in [-0.15, -0.1) is 35.3 Å². The van der Waals surface area contributed by atoms with Crippen molar-refractivity contribution in [3.63, 3.8) is 0 Å². The first-order valence-corrected chi connectivity index (χ1v) is 11.1. The predicted molar refractivity (Wildman–Crippen MR) is 127 cm³/mol. The van der Waals surface area contributed by atoms with Gasteiger partial charge >= 0.3 is 0 Å². The lowest BCUT2D eigenvalue weighted by atomic mass is 10.3. The maximum absolute atomic E-state index is 13.9. The van der Waals surface area contributed by atoms with Crippen molar-refractivity contribution >= 4 is 58.9 Å². The van der Waals surface area contributed by atoms with Crippen LogP contribution in [-0.4, -0.2) is 53.9 Å². The van der Waals surface area contributed by atoms with Gasteiger partial charge in [-0.2, -0.15) is 0 Å². The van der Waals surface area contributed by atoms with Gasteiger partial charge in [0.1, 0.15) is 4.34 Å². The second kappa shape index (κ2) is 12.4. The molecule has 0 saturated carbocycles. The maximum Gasteiger partial charge on any atom is 0.191 e. The number of hydrogen-bond acceptors (Lipinski definition) is 6. The minimum atomic E-state index is -0.267. The predicted octanol–water partition coefficient (Wildman–Crippen LogP) is 3.61. The van der Waals surface area contributed by atoms with E-state index in [2.05, 4.69) is 32.5 Å². The number of rotatable bonds is 8. The molecule has 0 amide bonds. The summed E-state index contributed by atoms with van der Waals surface area (Å²) in [6.07, 6.45) is 5.39. The quantitative estimate of drug-likeness (QED) is 0.177. The molecule has 0 bridgehead atoms. The highest BCUT2D eigenvalue weighted by Crippen LogP contribution is 2.21. The fraction of sp³-hybridized carbons (Fsp3) is 0.500. The van der Waals surface area contributed by atoms with Crippen LogP contribution in [0.25, 0.3) is 0 Å². The number of thiazole rings is 1. The van der Waals surface area contributed by atoms with Gasteiger partial charge in [0.15, 0.2) is 17.6 Å². The molecule has 2 N–H and O–H groups in total. The Labute approximate surface area is 190 Å². The largest absolute Gasteiger partial charge is 0.357 e. The van der Waals surface area contributed by atoms with Crippen LogP contribution in [0.1, 0.15) is 19.8 Å². The van der Waals surface area contributed by atoms with Gasteiger partial charge in [-0.05, 0) is 31.9 Å². The van der Waals surface area contributed by atoms with Gasteiger partial charge in [0.2, 0.25) is 0 Å². The molecule has 28 heavy (non-hydrogen) atoms. The Morgan fingerprint density at radius 3 is 3.07 bits per heavy atom. The Hall–Kier alpha value is -1.14. The number of thioether (sulfide) groups is 1. The molecule has 154 valence electrons. The van der Waals surface area contributed by atoms with E-state index in [1.807, 2.05) is 16.5 Å². The highest BCUT2D eigenvalue weighted by Gasteiger charge is 2.25. The number of halogens is 2. The van der Waals surface area contributed by atoms with E-state index in [0.717, 1.165) is 55.1 Å². The van der Waals surface area contributed by atoms with Crippen molar-refractivity contribution in [2.75, 3.05) is 36.8 Å². The Kier molecular flexibility index (Phi) is 10.3. The van der Waals surface area contributed by atoms with Crippen molar-refractivity contribution in [1.82, 2.24) is 20.6 Å². The van der Waals surface area contributed by atoms with E-state index in [1.54, 1.807) is 35.4 Å². The molecule has 1 aliphatic rings. The van der Waals surface area contributed by atoms with Crippen LogP contribution < -0.4 is 15.5 Å². The third-order valence-corrected chi connectivity index (χ3v) is 6.17. The lowest BCUT2D eigenvalue weighted by Crippen LogP contribution is -2.44. The van der Waals surface area contributed by atoms with Crippen LogP contribution in [0.2, 0.25) is 0 Å². The molecule has 1 saturated heterocycles. The summed E-state index contributed by atoms with van der Waals surface area (Å²) in [5.41, 5.74) is 0. The summed E-state index contributed by atoms with van der Waals surface area (Å²) >= 11 is 3.44. The minimum absolute atomic E-state index is 0.